The summed E-state index contributed by atoms with van der Waals surface area (Å²) in [5.74, 6) is 1.43. The Bertz CT molecular complexity index is 468. The molecular weight excluding hydrogens is 208 g/mol. The molecule has 0 atom stereocenters. The van der Waals surface area contributed by atoms with Gasteiger partial charge in [0.1, 0.15) is 10.5 Å². The van der Waals surface area contributed by atoms with Crippen LogP contribution >= 0.6 is 11.3 Å². The van der Waals surface area contributed by atoms with Gasteiger partial charge in [0.15, 0.2) is 11.5 Å². The predicted octanol–water partition coefficient (Wildman–Crippen LogP) is 3.52. The Labute approximate surface area is 92.3 Å². The van der Waals surface area contributed by atoms with E-state index in [1.807, 2.05) is 5.38 Å². The normalized spacial score (nSPS) is 18.7. The molecule has 3 nitrogen and oxygen atoms in total. The molecule has 1 saturated carbocycles. The minimum absolute atomic E-state index is 0.524. The van der Waals surface area contributed by atoms with Crippen molar-refractivity contribution in [3.8, 4) is 0 Å². The van der Waals surface area contributed by atoms with E-state index in [1.165, 1.54) is 43.4 Å². The Morgan fingerprint density at radius 2 is 2.13 bits per heavy atom. The van der Waals surface area contributed by atoms with Gasteiger partial charge >= 0.3 is 0 Å². The van der Waals surface area contributed by atoms with E-state index < -0.39 is 0 Å². The highest BCUT2D eigenvalue weighted by atomic mass is 32.1. The van der Waals surface area contributed by atoms with Crippen LogP contribution in [0.5, 0.6) is 0 Å². The van der Waals surface area contributed by atoms with Gasteiger partial charge in [-0.2, -0.15) is 0 Å². The van der Waals surface area contributed by atoms with E-state index in [0.29, 0.717) is 5.92 Å². The van der Waals surface area contributed by atoms with E-state index in [0.717, 1.165) is 22.0 Å². The number of hydrogen-bond acceptors (Lipinski definition) is 4. The smallest absolute Gasteiger partial charge is 0.198 e. The van der Waals surface area contributed by atoms with Crippen molar-refractivity contribution in [1.82, 2.24) is 4.98 Å². The number of rotatable bonds is 1. The number of thiophene rings is 1. The number of anilines is 1. The molecule has 2 N–H and O–H groups in total. The summed E-state index contributed by atoms with van der Waals surface area (Å²) in [5, 5.41) is 2.72. The highest BCUT2D eigenvalue weighted by molar-refractivity contribution is 7.15. The maximum Gasteiger partial charge on any atom is 0.198 e. The first-order chi connectivity index (χ1) is 7.34. The Morgan fingerprint density at radius 1 is 1.33 bits per heavy atom. The fourth-order valence-corrected chi connectivity index (χ4v) is 2.95. The van der Waals surface area contributed by atoms with Gasteiger partial charge in [-0.25, -0.2) is 4.98 Å². The van der Waals surface area contributed by atoms with E-state index >= 15 is 0 Å². The molecule has 0 bridgehead atoms. The van der Waals surface area contributed by atoms with E-state index in [4.69, 9.17) is 10.2 Å². The zero-order valence-electron chi connectivity index (χ0n) is 8.53. The third-order valence-corrected chi connectivity index (χ3v) is 3.93. The SMILES string of the molecule is Nc1scc2nc(C3CCCCC3)oc12. The fraction of sp³-hybridized carbons (Fsp3) is 0.545. The van der Waals surface area contributed by atoms with Crippen LogP contribution in [0.15, 0.2) is 9.80 Å². The van der Waals surface area contributed by atoms with Crippen LogP contribution in [0.1, 0.15) is 43.9 Å². The standard InChI is InChI=1S/C11H14N2OS/c12-10-9-8(6-15-10)13-11(14-9)7-4-2-1-3-5-7/h6-7H,1-5,12H2. The van der Waals surface area contributed by atoms with Crippen LogP contribution in [-0.4, -0.2) is 4.98 Å². The second-order valence-electron chi connectivity index (χ2n) is 4.20. The Balaban J connectivity index is 1.96. The zero-order chi connectivity index (χ0) is 10.3. The van der Waals surface area contributed by atoms with Crippen LogP contribution in [-0.2, 0) is 0 Å². The molecular formula is C11H14N2OS. The molecule has 2 heterocycles. The van der Waals surface area contributed by atoms with E-state index in [-0.39, 0.29) is 0 Å². The average Bonchev–Trinajstić information content (AvgIpc) is 2.83. The Hall–Kier alpha value is -1.03. The maximum absolute atomic E-state index is 5.80. The van der Waals surface area contributed by atoms with Gasteiger partial charge in [0.05, 0.1) is 0 Å². The lowest BCUT2D eigenvalue weighted by Crippen LogP contribution is -2.04. The van der Waals surface area contributed by atoms with E-state index in [1.54, 1.807) is 0 Å². The summed E-state index contributed by atoms with van der Waals surface area (Å²) in [4.78, 5) is 4.52. The van der Waals surface area contributed by atoms with Crippen molar-refractivity contribution in [2.75, 3.05) is 5.73 Å². The number of nitrogens with two attached hydrogens (primary N) is 1. The summed E-state index contributed by atoms with van der Waals surface area (Å²) in [6, 6.07) is 0. The summed E-state index contributed by atoms with van der Waals surface area (Å²) in [6.07, 6.45) is 6.39. The summed E-state index contributed by atoms with van der Waals surface area (Å²) >= 11 is 1.50. The van der Waals surface area contributed by atoms with Crippen molar-refractivity contribution in [2.24, 2.45) is 0 Å². The minimum Gasteiger partial charge on any atom is -0.437 e. The number of nitrogens with zero attached hydrogens (tertiary/aromatic N) is 1. The van der Waals surface area contributed by atoms with E-state index in [2.05, 4.69) is 4.98 Å². The molecule has 1 aliphatic carbocycles. The third-order valence-electron chi connectivity index (χ3n) is 3.15. The first-order valence-electron chi connectivity index (χ1n) is 5.48. The van der Waals surface area contributed by atoms with Crippen molar-refractivity contribution in [2.45, 2.75) is 38.0 Å². The largest absolute Gasteiger partial charge is 0.437 e. The van der Waals surface area contributed by atoms with Crippen molar-refractivity contribution in [1.29, 1.82) is 0 Å². The number of fused-ring (bicyclic) bond motifs is 1. The van der Waals surface area contributed by atoms with Crippen molar-refractivity contribution < 1.29 is 4.42 Å². The summed E-state index contributed by atoms with van der Waals surface area (Å²) in [5.41, 5.74) is 7.52. The lowest BCUT2D eigenvalue weighted by atomic mass is 9.89. The molecule has 15 heavy (non-hydrogen) atoms. The maximum atomic E-state index is 5.80. The van der Waals surface area contributed by atoms with Crippen molar-refractivity contribution in [3.05, 3.63) is 11.3 Å². The van der Waals surface area contributed by atoms with Gasteiger partial charge in [0.25, 0.3) is 0 Å². The highest BCUT2D eigenvalue weighted by Crippen LogP contribution is 2.36. The Morgan fingerprint density at radius 3 is 2.87 bits per heavy atom. The lowest BCUT2D eigenvalue weighted by molar-refractivity contribution is 0.374. The molecule has 2 aromatic rings. The molecule has 3 rings (SSSR count). The van der Waals surface area contributed by atoms with Crippen molar-refractivity contribution in [3.63, 3.8) is 0 Å². The monoisotopic (exact) mass is 222 g/mol. The van der Waals surface area contributed by atoms with Gasteiger partial charge in [-0.05, 0) is 12.8 Å². The minimum atomic E-state index is 0.524. The van der Waals surface area contributed by atoms with Gasteiger partial charge in [-0.1, -0.05) is 19.3 Å². The number of aromatic nitrogens is 1. The molecule has 0 radical (unpaired) electrons. The average molecular weight is 222 g/mol. The number of hydrogen-bond donors (Lipinski definition) is 1. The van der Waals surface area contributed by atoms with Crippen LogP contribution in [0.3, 0.4) is 0 Å². The summed E-state index contributed by atoms with van der Waals surface area (Å²) in [7, 11) is 0. The van der Waals surface area contributed by atoms with Crippen LogP contribution in [0.25, 0.3) is 11.1 Å². The van der Waals surface area contributed by atoms with Crippen LogP contribution in [0, 0.1) is 0 Å². The Kier molecular flexibility index (Phi) is 2.16. The van der Waals surface area contributed by atoms with Gasteiger partial charge in [-0.15, -0.1) is 11.3 Å². The second-order valence-corrected chi connectivity index (χ2v) is 5.11. The summed E-state index contributed by atoms with van der Waals surface area (Å²) in [6.45, 7) is 0. The fourth-order valence-electron chi connectivity index (χ4n) is 2.30. The quantitative estimate of drug-likeness (QED) is 0.803. The molecule has 0 aliphatic heterocycles. The van der Waals surface area contributed by atoms with Gasteiger partial charge < -0.3 is 10.2 Å². The molecule has 0 amide bonds. The van der Waals surface area contributed by atoms with Gasteiger partial charge in [0.2, 0.25) is 0 Å². The molecule has 80 valence electrons. The molecule has 0 unspecified atom stereocenters. The van der Waals surface area contributed by atoms with Crippen LogP contribution in [0.4, 0.5) is 5.00 Å². The third kappa shape index (κ3) is 1.53. The number of nitrogen functional groups attached to an aromatic ring is 1. The highest BCUT2D eigenvalue weighted by Gasteiger charge is 2.21. The van der Waals surface area contributed by atoms with Crippen LogP contribution < -0.4 is 5.73 Å². The topological polar surface area (TPSA) is 52.0 Å². The van der Waals surface area contributed by atoms with Gasteiger partial charge in [-0.3, -0.25) is 0 Å². The predicted molar refractivity (Wildman–Crippen MR) is 62.1 cm³/mol. The lowest BCUT2D eigenvalue weighted by Gasteiger charge is -2.17. The molecule has 2 aromatic heterocycles. The molecule has 4 heteroatoms. The van der Waals surface area contributed by atoms with Crippen LogP contribution in [0.2, 0.25) is 0 Å². The summed E-state index contributed by atoms with van der Waals surface area (Å²) < 4.78 is 5.75. The first kappa shape index (κ1) is 9.21. The molecule has 1 fully saturated rings. The first-order valence-corrected chi connectivity index (χ1v) is 6.36. The zero-order valence-corrected chi connectivity index (χ0v) is 9.35. The van der Waals surface area contributed by atoms with E-state index in [9.17, 15) is 0 Å². The van der Waals surface area contributed by atoms with Crippen molar-refractivity contribution >= 4 is 27.4 Å². The molecule has 0 spiro atoms. The molecule has 1 aliphatic rings. The molecule has 0 saturated heterocycles. The molecule has 0 aromatic carbocycles. The second kappa shape index (κ2) is 3.52. The van der Waals surface area contributed by atoms with Gasteiger partial charge in [0, 0.05) is 11.3 Å². The number of oxazole rings is 1.